The summed E-state index contributed by atoms with van der Waals surface area (Å²) in [5, 5.41) is 10.7. The van der Waals surface area contributed by atoms with Gasteiger partial charge in [0.1, 0.15) is 12.0 Å². The van der Waals surface area contributed by atoms with E-state index in [1.807, 2.05) is 36.4 Å². The van der Waals surface area contributed by atoms with Crippen LogP contribution >= 0.6 is 0 Å². The first kappa shape index (κ1) is 11.3. The number of nitrogens with zero attached hydrogens (tertiary/aromatic N) is 1. The number of carboxylic acids is 1. The summed E-state index contributed by atoms with van der Waals surface area (Å²) in [4.78, 5) is 14.4. The van der Waals surface area contributed by atoms with Crippen LogP contribution in [0.4, 0.5) is 0 Å². The molecule has 3 aromatic rings. The molecule has 0 amide bonds. The van der Waals surface area contributed by atoms with Crippen LogP contribution in [0.15, 0.2) is 53.1 Å². The Morgan fingerprint density at radius 1 is 1.16 bits per heavy atom. The largest absolute Gasteiger partial charge is 0.476 e. The zero-order valence-corrected chi connectivity index (χ0v) is 9.74. The second-order valence-electron chi connectivity index (χ2n) is 3.88. The molecule has 0 spiro atoms. The summed E-state index contributed by atoms with van der Waals surface area (Å²) in [5.41, 5.74) is -0.185. The molecular formula is C14H9NO4. The van der Waals surface area contributed by atoms with Gasteiger partial charge in [-0.3, -0.25) is 0 Å². The van der Waals surface area contributed by atoms with Crippen molar-refractivity contribution >= 4 is 16.7 Å². The van der Waals surface area contributed by atoms with Gasteiger partial charge in [-0.1, -0.05) is 36.4 Å². The molecule has 0 saturated heterocycles. The van der Waals surface area contributed by atoms with Crippen molar-refractivity contribution in [3.8, 4) is 11.8 Å². The summed E-state index contributed by atoms with van der Waals surface area (Å²) < 4.78 is 10.4. The Kier molecular flexibility index (Phi) is 2.64. The molecule has 0 aliphatic rings. The van der Waals surface area contributed by atoms with Crippen molar-refractivity contribution in [2.75, 3.05) is 0 Å². The molecule has 2 aromatic carbocycles. The Labute approximate surface area is 108 Å². The number of rotatable bonds is 3. The first-order valence-electron chi connectivity index (χ1n) is 5.58. The fraction of sp³-hybridized carbons (Fsp3) is 0. The molecule has 5 nitrogen and oxygen atoms in total. The quantitative estimate of drug-likeness (QED) is 0.777. The van der Waals surface area contributed by atoms with E-state index >= 15 is 0 Å². The zero-order valence-electron chi connectivity index (χ0n) is 9.74. The zero-order chi connectivity index (χ0) is 13.2. The van der Waals surface area contributed by atoms with Crippen LogP contribution in [0.2, 0.25) is 0 Å². The Balaban J connectivity index is 1.98. The van der Waals surface area contributed by atoms with Gasteiger partial charge in [0.15, 0.2) is 5.69 Å². The Morgan fingerprint density at radius 3 is 2.74 bits per heavy atom. The van der Waals surface area contributed by atoms with Crippen molar-refractivity contribution in [1.82, 2.24) is 4.98 Å². The van der Waals surface area contributed by atoms with Gasteiger partial charge in [-0.25, -0.2) is 4.79 Å². The second-order valence-corrected chi connectivity index (χ2v) is 3.88. The van der Waals surface area contributed by atoms with Crippen LogP contribution in [0.3, 0.4) is 0 Å². The predicted molar refractivity (Wildman–Crippen MR) is 67.5 cm³/mol. The average Bonchev–Trinajstić information content (AvgIpc) is 2.88. The van der Waals surface area contributed by atoms with E-state index in [0.717, 1.165) is 17.0 Å². The highest BCUT2D eigenvalue weighted by Gasteiger charge is 2.12. The van der Waals surface area contributed by atoms with Gasteiger partial charge in [-0.05, 0) is 11.5 Å². The number of benzene rings is 2. The molecule has 0 aliphatic heterocycles. The lowest BCUT2D eigenvalue weighted by Gasteiger charge is -2.04. The highest BCUT2D eigenvalue weighted by atomic mass is 16.6. The lowest BCUT2D eigenvalue weighted by atomic mass is 10.1. The number of aromatic carboxylic acids is 1. The summed E-state index contributed by atoms with van der Waals surface area (Å²) in [6.07, 6.45) is 0.955. The van der Waals surface area contributed by atoms with Crippen LogP contribution < -0.4 is 4.74 Å². The summed E-state index contributed by atoms with van der Waals surface area (Å²) in [6.45, 7) is 0. The highest BCUT2D eigenvalue weighted by Crippen LogP contribution is 2.29. The molecule has 1 heterocycles. The Bertz CT molecular complexity index is 743. The number of aromatic nitrogens is 1. The van der Waals surface area contributed by atoms with Crippen LogP contribution in [0, 0.1) is 0 Å². The molecule has 0 aliphatic carbocycles. The summed E-state index contributed by atoms with van der Waals surface area (Å²) in [5.74, 6) is -0.589. The van der Waals surface area contributed by atoms with Crippen molar-refractivity contribution in [2.24, 2.45) is 0 Å². The van der Waals surface area contributed by atoms with Crippen molar-refractivity contribution in [1.29, 1.82) is 0 Å². The number of carbonyl (C=O) groups is 1. The van der Waals surface area contributed by atoms with Crippen LogP contribution in [0.5, 0.6) is 11.8 Å². The van der Waals surface area contributed by atoms with Crippen molar-refractivity contribution in [3.05, 3.63) is 54.4 Å². The van der Waals surface area contributed by atoms with E-state index in [2.05, 4.69) is 4.98 Å². The van der Waals surface area contributed by atoms with Gasteiger partial charge >= 0.3 is 12.0 Å². The fourth-order valence-corrected chi connectivity index (χ4v) is 1.78. The molecule has 5 heteroatoms. The van der Waals surface area contributed by atoms with Crippen molar-refractivity contribution in [2.45, 2.75) is 0 Å². The molecule has 94 valence electrons. The second kappa shape index (κ2) is 4.45. The molecule has 0 radical (unpaired) electrons. The van der Waals surface area contributed by atoms with E-state index < -0.39 is 5.97 Å². The number of ether oxygens (including phenoxy) is 1. The monoisotopic (exact) mass is 255 g/mol. The highest BCUT2D eigenvalue weighted by molar-refractivity contribution is 5.88. The third-order valence-electron chi connectivity index (χ3n) is 2.65. The van der Waals surface area contributed by atoms with Gasteiger partial charge in [0.05, 0.1) is 0 Å². The molecular weight excluding hydrogens is 246 g/mol. The first-order chi connectivity index (χ1) is 9.24. The predicted octanol–water partition coefficient (Wildman–Crippen LogP) is 3.32. The maximum absolute atomic E-state index is 10.7. The molecule has 19 heavy (non-hydrogen) atoms. The average molecular weight is 255 g/mol. The van der Waals surface area contributed by atoms with Crippen molar-refractivity contribution < 1.29 is 19.1 Å². The molecule has 1 aromatic heterocycles. The third-order valence-corrected chi connectivity index (χ3v) is 2.65. The maximum Gasteiger partial charge on any atom is 0.399 e. The van der Waals surface area contributed by atoms with E-state index in [1.54, 1.807) is 6.07 Å². The topological polar surface area (TPSA) is 72.6 Å². The lowest BCUT2D eigenvalue weighted by molar-refractivity contribution is 0.0690. The standard InChI is InChI=1S/C14H9NO4/c16-13(17)11-8-18-14(15-11)19-12-7-3-5-9-4-1-2-6-10(9)12/h1-8H,(H,16,17). The van der Waals surface area contributed by atoms with Gasteiger partial charge in [-0.15, -0.1) is 0 Å². The number of hydrogen-bond donors (Lipinski definition) is 1. The minimum atomic E-state index is -1.16. The van der Waals surface area contributed by atoms with E-state index in [-0.39, 0.29) is 11.8 Å². The molecule has 0 fully saturated rings. The fourth-order valence-electron chi connectivity index (χ4n) is 1.78. The van der Waals surface area contributed by atoms with Crippen molar-refractivity contribution in [3.63, 3.8) is 0 Å². The number of carboxylic acid groups (broad SMARTS) is 1. The van der Waals surface area contributed by atoms with Gasteiger partial charge in [0.25, 0.3) is 0 Å². The number of oxazole rings is 1. The summed E-state index contributed by atoms with van der Waals surface area (Å²) in [7, 11) is 0. The summed E-state index contributed by atoms with van der Waals surface area (Å²) >= 11 is 0. The van der Waals surface area contributed by atoms with E-state index in [4.69, 9.17) is 14.3 Å². The minimum absolute atomic E-state index is 0.0891. The molecule has 0 unspecified atom stereocenters. The number of hydrogen-bond acceptors (Lipinski definition) is 4. The molecule has 0 bridgehead atoms. The molecule has 1 N–H and O–H groups in total. The van der Waals surface area contributed by atoms with Gasteiger partial charge in [0, 0.05) is 5.39 Å². The van der Waals surface area contributed by atoms with E-state index in [0.29, 0.717) is 5.75 Å². The molecule has 3 rings (SSSR count). The van der Waals surface area contributed by atoms with Crippen LogP contribution in [-0.4, -0.2) is 16.1 Å². The van der Waals surface area contributed by atoms with Crippen LogP contribution in [0.25, 0.3) is 10.8 Å². The SMILES string of the molecule is O=C(O)c1coc(Oc2cccc3ccccc23)n1. The number of fused-ring (bicyclic) bond motifs is 1. The van der Waals surface area contributed by atoms with Crippen LogP contribution in [0.1, 0.15) is 10.5 Å². The molecule has 0 saturated carbocycles. The van der Waals surface area contributed by atoms with Gasteiger partial charge < -0.3 is 14.3 Å². The van der Waals surface area contributed by atoms with E-state index in [9.17, 15) is 4.79 Å². The first-order valence-corrected chi connectivity index (χ1v) is 5.58. The summed E-state index contributed by atoms with van der Waals surface area (Å²) in [6, 6.07) is 13.3. The molecule has 0 atom stereocenters. The smallest absolute Gasteiger partial charge is 0.399 e. The van der Waals surface area contributed by atoms with Crippen LogP contribution in [-0.2, 0) is 0 Å². The minimum Gasteiger partial charge on any atom is -0.476 e. The van der Waals surface area contributed by atoms with Gasteiger partial charge in [-0.2, -0.15) is 4.98 Å². The lowest BCUT2D eigenvalue weighted by Crippen LogP contribution is -1.95. The normalized spacial score (nSPS) is 10.5. The van der Waals surface area contributed by atoms with Gasteiger partial charge in [0.2, 0.25) is 0 Å². The Hall–Kier alpha value is -2.82. The Morgan fingerprint density at radius 2 is 1.95 bits per heavy atom. The van der Waals surface area contributed by atoms with E-state index in [1.165, 1.54) is 0 Å². The third kappa shape index (κ3) is 2.13. The maximum atomic E-state index is 10.7.